The maximum atomic E-state index is 13.3. The van der Waals surface area contributed by atoms with E-state index in [2.05, 4.69) is 91.8 Å². The van der Waals surface area contributed by atoms with Gasteiger partial charge in [-0.05, 0) is 160 Å². The molecule has 0 aromatic heterocycles. The molecule has 0 aliphatic carbocycles. The molecule has 0 saturated heterocycles. The summed E-state index contributed by atoms with van der Waals surface area (Å²) in [6.07, 6.45) is 79.2. The Kier molecular flexibility index (Phi) is 50.7. The molecule has 2 aromatic rings. The minimum atomic E-state index is 0. The zero-order chi connectivity index (χ0) is 60.3. The number of nitrogens with zero attached hydrogens (tertiary/aromatic N) is 2. The number of allylic oxidation sites excluding steroid dienone is 4. The van der Waals surface area contributed by atoms with Gasteiger partial charge in [-0.15, -0.1) is 0 Å². The maximum absolute atomic E-state index is 13.3. The monoisotopic (exact) mass is 1210 g/mol. The summed E-state index contributed by atoms with van der Waals surface area (Å²) in [6, 6.07) is 10.3. The van der Waals surface area contributed by atoms with Crippen LogP contribution in [0.15, 0.2) is 47.6 Å². The number of aryl methyl sites for hydroxylation is 4. The molecule has 0 fully saturated rings. The van der Waals surface area contributed by atoms with E-state index in [1.807, 2.05) is 0 Å². The van der Waals surface area contributed by atoms with Crippen LogP contribution in [0, 0.1) is 0 Å². The molecular formula is C82H142N2Ni. The van der Waals surface area contributed by atoms with E-state index in [0.717, 1.165) is 62.8 Å². The van der Waals surface area contributed by atoms with E-state index in [1.165, 1.54) is 330 Å². The van der Waals surface area contributed by atoms with Crippen LogP contribution in [-0.2, 0) is 55.0 Å². The molecule has 3 heteroatoms. The number of rotatable bonds is 59. The van der Waals surface area contributed by atoms with Crippen LogP contribution in [-0.4, -0.2) is 4.70 Å². The summed E-state index contributed by atoms with van der Waals surface area (Å²) in [6.45, 7) is 18.7. The van der Waals surface area contributed by atoms with Gasteiger partial charge in [-0.1, -0.05) is 324 Å². The van der Waals surface area contributed by atoms with Crippen LogP contribution in [0.1, 0.15) is 421 Å². The van der Waals surface area contributed by atoms with Crippen molar-refractivity contribution < 1.29 is 21.2 Å². The normalized spacial score (nSPS) is 12.8. The van der Waals surface area contributed by atoms with Crippen LogP contribution in [0.5, 0.6) is 0 Å². The summed E-state index contributed by atoms with van der Waals surface area (Å²) in [5.74, 6) is 0. The predicted molar refractivity (Wildman–Crippen MR) is 378 cm³/mol. The van der Waals surface area contributed by atoms with E-state index in [1.54, 1.807) is 38.1 Å². The molecule has 1 heterocycles. The largest absolute Gasteiger partial charge is 0.493 e. The van der Waals surface area contributed by atoms with Gasteiger partial charge >= 0.3 is 0 Å². The van der Waals surface area contributed by atoms with E-state index < -0.39 is 0 Å². The molecule has 0 amide bonds. The van der Waals surface area contributed by atoms with E-state index in [4.69, 9.17) is 0 Å². The molecular weight excluding hydrogens is 1070 g/mol. The third kappa shape index (κ3) is 34.0. The number of hydrogen-bond acceptors (Lipinski definition) is 0. The average Bonchev–Trinajstić information content (AvgIpc) is 1.86. The Balaban J connectivity index is 0.0000247. The van der Waals surface area contributed by atoms with Crippen LogP contribution in [0.2, 0.25) is 0 Å². The van der Waals surface area contributed by atoms with Gasteiger partial charge in [-0.3, -0.25) is 0 Å². The second-order valence-corrected chi connectivity index (χ2v) is 27.0. The van der Waals surface area contributed by atoms with Gasteiger partial charge in [0.25, 0.3) is 0 Å². The third-order valence-corrected chi connectivity index (χ3v) is 19.3. The second-order valence-electron chi connectivity index (χ2n) is 27.0. The standard InChI is InChI=1S/C82H142N2.Ni/c1-9-17-25-28-31-32-33-34-35-36-37-38-39-40-41-42-43-44-45-46-47-48-49-50-51-52-55-58-66-80-79(63-24-16-8)81(75-67-71(59-20-12-4)77(72(68-75)60-21-13-5)64-56-53-29-26-18-10-2)84(83)82(80)76-69-73(61-22-14-6)78(74(70-76)62-23-15-7)65-57-54-30-27-19-11-3;/h58,66-70H,9-57,59-65H2,1-8H3;. The van der Waals surface area contributed by atoms with Crippen molar-refractivity contribution in [2.45, 2.75) is 415 Å². The van der Waals surface area contributed by atoms with Crippen molar-refractivity contribution in [2.24, 2.45) is 0 Å². The van der Waals surface area contributed by atoms with E-state index in [0.29, 0.717) is 0 Å². The van der Waals surface area contributed by atoms with E-state index >= 15 is 0 Å². The Bertz CT molecular complexity index is 1970. The van der Waals surface area contributed by atoms with Crippen LogP contribution in [0.25, 0.3) is 16.9 Å². The van der Waals surface area contributed by atoms with Gasteiger partial charge in [0.1, 0.15) is 0 Å². The van der Waals surface area contributed by atoms with Gasteiger partial charge in [-0.25, -0.2) is 4.70 Å². The van der Waals surface area contributed by atoms with Gasteiger partial charge in [0, 0.05) is 33.2 Å². The van der Waals surface area contributed by atoms with Crippen LogP contribution in [0.3, 0.4) is 0 Å². The third-order valence-electron chi connectivity index (χ3n) is 19.3. The molecule has 3 rings (SSSR count). The number of benzene rings is 2. The molecule has 0 saturated carbocycles. The molecule has 0 radical (unpaired) electrons. The van der Waals surface area contributed by atoms with E-state index in [9.17, 15) is 5.53 Å². The van der Waals surface area contributed by atoms with Crippen molar-refractivity contribution in [2.75, 3.05) is 0 Å². The molecule has 0 atom stereocenters. The van der Waals surface area contributed by atoms with Gasteiger partial charge in [0.2, 0.25) is 11.4 Å². The minimum Gasteiger partial charge on any atom is -0.493 e. The molecule has 490 valence electrons. The van der Waals surface area contributed by atoms with Gasteiger partial charge < -0.3 is 5.53 Å². The maximum Gasteiger partial charge on any atom is 0.215 e. The SMILES string of the molecule is CCCCCCCCCCCCCCCCCCCCCCCCCCCCC=CC1=C(c2cc(CCCC)c(CCCCCCCC)c(CCCC)c2)[N+](=[N-])C(c2cc(CCCC)c(CCCCCCCC)c(CCCC)c2)=C1CCCC.[Ni]. The summed E-state index contributed by atoms with van der Waals surface area (Å²) in [5, 5.41) is 0. The second kappa shape index (κ2) is 54.7. The molecule has 2 nitrogen and oxygen atoms in total. The molecule has 0 spiro atoms. The van der Waals surface area contributed by atoms with Crippen molar-refractivity contribution in [1.29, 1.82) is 0 Å². The first kappa shape index (κ1) is 78.8. The fraction of sp³-hybridized carbons (Fsp3) is 0.780. The predicted octanol–water partition coefficient (Wildman–Crippen LogP) is 28.3. The molecule has 85 heavy (non-hydrogen) atoms. The summed E-state index contributed by atoms with van der Waals surface area (Å²) in [5.41, 5.74) is 30.0. The zero-order valence-corrected chi connectivity index (χ0v) is 59.3. The minimum absolute atomic E-state index is 0. The van der Waals surface area contributed by atoms with Gasteiger partial charge in [0.05, 0.1) is 5.57 Å². The van der Waals surface area contributed by atoms with Gasteiger partial charge in [0.15, 0.2) is 0 Å². The number of hydrogen-bond donors (Lipinski definition) is 0. The summed E-state index contributed by atoms with van der Waals surface area (Å²) >= 11 is 0. The van der Waals surface area contributed by atoms with Crippen molar-refractivity contribution in [3.8, 4) is 0 Å². The first-order valence-corrected chi connectivity index (χ1v) is 38.4. The van der Waals surface area contributed by atoms with Crippen molar-refractivity contribution in [1.82, 2.24) is 0 Å². The smallest absolute Gasteiger partial charge is 0.215 e. The number of unbranched alkanes of at least 4 members (excludes halogenated alkanes) is 41. The molecule has 1 aliphatic rings. The Morgan fingerprint density at radius 3 is 0.824 bits per heavy atom. The first-order valence-electron chi connectivity index (χ1n) is 38.4. The molecule has 2 aromatic carbocycles. The van der Waals surface area contributed by atoms with Crippen molar-refractivity contribution in [3.63, 3.8) is 0 Å². The Hall–Kier alpha value is -2.25. The first-order chi connectivity index (χ1) is 41.4. The molecule has 0 unspecified atom stereocenters. The van der Waals surface area contributed by atoms with Crippen LogP contribution in [0.4, 0.5) is 0 Å². The molecule has 1 aliphatic heterocycles. The fourth-order valence-corrected chi connectivity index (χ4v) is 13.8. The average molecular weight is 1210 g/mol. The zero-order valence-electron chi connectivity index (χ0n) is 58.3. The fourth-order valence-electron chi connectivity index (χ4n) is 13.8. The van der Waals surface area contributed by atoms with Crippen LogP contribution >= 0.6 is 0 Å². The summed E-state index contributed by atoms with van der Waals surface area (Å²) in [7, 11) is 0. The Labute approximate surface area is 541 Å². The topological polar surface area (TPSA) is 25.3 Å². The Morgan fingerprint density at radius 1 is 0.282 bits per heavy atom. The summed E-state index contributed by atoms with van der Waals surface area (Å²) < 4.78 is 1.73. The van der Waals surface area contributed by atoms with Crippen LogP contribution < -0.4 is 0 Å². The summed E-state index contributed by atoms with van der Waals surface area (Å²) in [4.78, 5) is 0. The quantitative estimate of drug-likeness (QED) is 0.0358. The Morgan fingerprint density at radius 2 is 0.529 bits per heavy atom. The molecule has 0 N–H and O–H groups in total. The van der Waals surface area contributed by atoms with Gasteiger partial charge in [-0.2, -0.15) is 0 Å². The van der Waals surface area contributed by atoms with Crippen molar-refractivity contribution >= 4 is 11.4 Å². The molecule has 0 bridgehead atoms. The van der Waals surface area contributed by atoms with Crippen molar-refractivity contribution in [3.05, 3.63) is 97.6 Å². The van der Waals surface area contributed by atoms with E-state index in [-0.39, 0.29) is 16.5 Å².